The highest BCUT2D eigenvalue weighted by molar-refractivity contribution is 6.19. The molecular formula is C27H25N3O4. The number of carbonyl (C=O) groups is 3. The maximum Gasteiger partial charge on any atom is 0.332 e. The van der Waals surface area contributed by atoms with Gasteiger partial charge >= 0.3 is 6.03 Å². The third-order valence-corrected chi connectivity index (χ3v) is 6.29. The first-order valence-corrected chi connectivity index (χ1v) is 11.4. The Morgan fingerprint density at radius 3 is 2.12 bits per heavy atom. The van der Waals surface area contributed by atoms with E-state index in [0.717, 1.165) is 0 Å². The van der Waals surface area contributed by atoms with E-state index < -0.39 is 0 Å². The van der Waals surface area contributed by atoms with Gasteiger partial charge in [0.05, 0.1) is 11.3 Å². The lowest BCUT2D eigenvalue weighted by Crippen LogP contribution is -2.48. The number of benzene rings is 3. The molecule has 4 amide bonds. The number of nitrogens with zero attached hydrogens (tertiary/aromatic N) is 3. The highest BCUT2D eigenvalue weighted by Crippen LogP contribution is 2.29. The summed E-state index contributed by atoms with van der Waals surface area (Å²) in [6.45, 7) is 1.08. The molecule has 7 nitrogen and oxygen atoms in total. The van der Waals surface area contributed by atoms with E-state index in [1.165, 1.54) is 4.90 Å². The summed E-state index contributed by atoms with van der Waals surface area (Å²) < 4.78 is 5.96. The van der Waals surface area contributed by atoms with Gasteiger partial charge in [-0.1, -0.05) is 48.5 Å². The minimum Gasteiger partial charge on any atom is -0.457 e. The first kappa shape index (κ1) is 21.7. The summed E-state index contributed by atoms with van der Waals surface area (Å²) in [7, 11) is 0. The van der Waals surface area contributed by atoms with Crippen LogP contribution in [0.3, 0.4) is 0 Å². The molecule has 2 heterocycles. The van der Waals surface area contributed by atoms with Crippen LogP contribution in [-0.2, 0) is 4.79 Å². The van der Waals surface area contributed by atoms with Gasteiger partial charge in [0.1, 0.15) is 18.0 Å². The molecule has 172 valence electrons. The normalized spacial score (nSPS) is 16.8. The van der Waals surface area contributed by atoms with Crippen LogP contribution in [0, 0.1) is 0 Å². The Hall–Kier alpha value is -4.13. The second-order valence-electron chi connectivity index (χ2n) is 8.41. The van der Waals surface area contributed by atoms with Crippen LogP contribution in [0.4, 0.5) is 10.5 Å². The fraction of sp³-hybridized carbons (Fsp3) is 0.222. The van der Waals surface area contributed by atoms with E-state index in [1.807, 2.05) is 60.7 Å². The maximum absolute atomic E-state index is 13.3. The van der Waals surface area contributed by atoms with Gasteiger partial charge < -0.3 is 14.5 Å². The third kappa shape index (κ3) is 4.24. The average Bonchev–Trinajstić information content (AvgIpc) is 3.19. The van der Waals surface area contributed by atoms with Crippen molar-refractivity contribution in [2.24, 2.45) is 0 Å². The van der Waals surface area contributed by atoms with E-state index in [9.17, 15) is 14.4 Å². The van der Waals surface area contributed by atoms with Crippen LogP contribution >= 0.6 is 0 Å². The molecule has 0 radical (unpaired) electrons. The standard InChI is InChI=1S/C27H25N3O4/c31-25-19-29(27(33)30(25)21-9-3-1-4-10-21)20-15-17-28(18-16-20)26(32)23-13-7-8-14-24(23)34-22-11-5-2-6-12-22/h1-14,20H,15-19H2. The molecule has 34 heavy (non-hydrogen) atoms. The molecule has 2 aliphatic rings. The minimum atomic E-state index is -0.289. The van der Waals surface area contributed by atoms with E-state index in [2.05, 4.69) is 0 Å². The van der Waals surface area contributed by atoms with Crippen molar-refractivity contribution in [3.05, 3.63) is 90.5 Å². The van der Waals surface area contributed by atoms with Gasteiger partial charge in [-0.25, -0.2) is 9.69 Å². The predicted molar refractivity (Wildman–Crippen MR) is 128 cm³/mol. The van der Waals surface area contributed by atoms with E-state index in [-0.39, 0.29) is 30.4 Å². The van der Waals surface area contributed by atoms with E-state index in [4.69, 9.17) is 4.74 Å². The Labute approximate surface area is 198 Å². The molecule has 0 spiro atoms. The van der Waals surface area contributed by atoms with Crippen LogP contribution in [0.2, 0.25) is 0 Å². The topological polar surface area (TPSA) is 70.2 Å². The smallest absolute Gasteiger partial charge is 0.332 e. The molecule has 2 fully saturated rings. The molecule has 0 aromatic heterocycles. The maximum atomic E-state index is 13.3. The van der Waals surface area contributed by atoms with Gasteiger partial charge in [-0.15, -0.1) is 0 Å². The van der Waals surface area contributed by atoms with Crippen molar-refractivity contribution in [1.29, 1.82) is 0 Å². The lowest BCUT2D eigenvalue weighted by atomic mass is 10.0. The largest absolute Gasteiger partial charge is 0.457 e. The van der Waals surface area contributed by atoms with Crippen molar-refractivity contribution >= 4 is 23.5 Å². The highest BCUT2D eigenvalue weighted by atomic mass is 16.5. The number of hydrogen-bond acceptors (Lipinski definition) is 4. The number of imide groups is 1. The van der Waals surface area contributed by atoms with Crippen LogP contribution in [0.15, 0.2) is 84.9 Å². The van der Waals surface area contributed by atoms with E-state index >= 15 is 0 Å². The Bertz CT molecular complexity index is 1190. The number of para-hydroxylation sites is 3. The van der Waals surface area contributed by atoms with E-state index in [1.54, 1.807) is 34.1 Å². The van der Waals surface area contributed by atoms with Crippen LogP contribution in [0.25, 0.3) is 0 Å². The highest BCUT2D eigenvalue weighted by Gasteiger charge is 2.41. The van der Waals surface area contributed by atoms with Gasteiger partial charge in [0.2, 0.25) is 0 Å². The molecular weight excluding hydrogens is 430 g/mol. The second kappa shape index (κ2) is 9.39. The molecule has 7 heteroatoms. The monoisotopic (exact) mass is 455 g/mol. The van der Waals surface area contributed by atoms with Crippen molar-refractivity contribution in [2.75, 3.05) is 24.5 Å². The third-order valence-electron chi connectivity index (χ3n) is 6.29. The number of carbonyl (C=O) groups excluding carboxylic acids is 3. The van der Waals surface area contributed by atoms with Crippen molar-refractivity contribution in [3.8, 4) is 11.5 Å². The van der Waals surface area contributed by atoms with Gasteiger partial charge in [-0.05, 0) is 49.2 Å². The molecule has 0 N–H and O–H groups in total. The number of urea groups is 1. The van der Waals surface area contributed by atoms with Gasteiger partial charge in [-0.2, -0.15) is 0 Å². The van der Waals surface area contributed by atoms with Crippen LogP contribution < -0.4 is 9.64 Å². The Morgan fingerprint density at radius 1 is 0.794 bits per heavy atom. The summed E-state index contributed by atoms with van der Waals surface area (Å²) >= 11 is 0. The van der Waals surface area contributed by atoms with Gasteiger partial charge in [0.25, 0.3) is 11.8 Å². The number of ether oxygens (including phenoxy) is 1. The minimum absolute atomic E-state index is 0.0695. The van der Waals surface area contributed by atoms with Crippen LogP contribution in [0.5, 0.6) is 11.5 Å². The molecule has 0 unspecified atom stereocenters. The van der Waals surface area contributed by atoms with E-state index in [0.29, 0.717) is 48.7 Å². The average molecular weight is 456 g/mol. The number of amides is 4. The zero-order valence-electron chi connectivity index (χ0n) is 18.7. The predicted octanol–water partition coefficient (Wildman–Crippen LogP) is 4.55. The van der Waals surface area contributed by atoms with Crippen molar-refractivity contribution in [3.63, 3.8) is 0 Å². The molecule has 3 aromatic carbocycles. The lowest BCUT2D eigenvalue weighted by Gasteiger charge is -2.36. The Morgan fingerprint density at radius 2 is 1.41 bits per heavy atom. The molecule has 0 atom stereocenters. The SMILES string of the molecule is O=C(c1ccccc1Oc1ccccc1)N1CCC(N2CC(=O)N(c3ccccc3)C2=O)CC1. The number of piperidine rings is 1. The second-order valence-corrected chi connectivity index (χ2v) is 8.41. The summed E-state index contributed by atoms with van der Waals surface area (Å²) in [4.78, 5) is 43.5. The molecule has 5 rings (SSSR count). The molecule has 3 aromatic rings. The molecule has 0 saturated carbocycles. The Balaban J connectivity index is 1.24. The summed E-state index contributed by atoms with van der Waals surface area (Å²) in [6, 6.07) is 25.2. The number of hydrogen-bond donors (Lipinski definition) is 0. The fourth-order valence-electron chi connectivity index (χ4n) is 4.53. The Kier molecular flexibility index (Phi) is 5.99. The summed E-state index contributed by atoms with van der Waals surface area (Å²) in [5.74, 6) is 0.864. The number of likely N-dealkylation sites (tertiary alicyclic amines) is 1. The van der Waals surface area contributed by atoms with Gasteiger partial charge in [-0.3, -0.25) is 9.59 Å². The van der Waals surface area contributed by atoms with Crippen molar-refractivity contribution in [2.45, 2.75) is 18.9 Å². The van der Waals surface area contributed by atoms with Crippen LogP contribution in [0.1, 0.15) is 23.2 Å². The number of anilines is 1. The summed E-state index contributed by atoms with van der Waals surface area (Å²) in [6.07, 6.45) is 1.24. The number of rotatable bonds is 5. The molecule has 0 bridgehead atoms. The summed E-state index contributed by atoms with van der Waals surface area (Å²) in [5, 5.41) is 0. The molecule has 0 aliphatic carbocycles. The zero-order chi connectivity index (χ0) is 23.5. The fourth-order valence-corrected chi connectivity index (χ4v) is 4.53. The van der Waals surface area contributed by atoms with Crippen molar-refractivity contribution in [1.82, 2.24) is 9.80 Å². The first-order chi connectivity index (χ1) is 16.6. The van der Waals surface area contributed by atoms with Crippen molar-refractivity contribution < 1.29 is 19.1 Å². The lowest BCUT2D eigenvalue weighted by molar-refractivity contribution is -0.116. The van der Waals surface area contributed by atoms with Gasteiger partial charge in [0, 0.05) is 19.1 Å². The zero-order valence-corrected chi connectivity index (χ0v) is 18.7. The van der Waals surface area contributed by atoms with Gasteiger partial charge in [0.15, 0.2) is 0 Å². The molecule has 2 saturated heterocycles. The van der Waals surface area contributed by atoms with Crippen LogP contribution in [-0.4, -0.2) is 53.3 Å². The summed E-state index contributed by atoms with van der Waals surface area (Å²) in [5.41, 5.74) is 1.09. The first-order valence-electron chi connectivity index (χ1n) is 11.4. The molecule has 2 aliphatic heterocycles. The quantitative estimate of drug-likeness (QED) is 0.529.